The van der Waals surface area contributed by atoms with E-state index in [1.54, 1.807) is 12.1 Å². The number of amides is 1. The van der Waals surface area contributed by atoms with E-state index in [2.05, 4.69) is 5.32 Å². The molecule has 0 radical (unpaired) electrons. The van der Waals surface area contributed by atoms with Crippen LogP contribution in [0.2, 0.25) is 0 Å². The van der Waals surface area contributed by atoms with E-state index in [1.807, 2.05) is 0 Å². The molecule has 11 nitrogen and oxygen atoms in total. The average Bonchev–Trinajstić information content (AvgIpc) is 2.82. The molecule has 0 spiro atoms. The van der Waals surface area contributed by atoms with E-state index >= 15 is 0 Å². The van der Waals surface area contributed by atoms with Gasteiger partial charge in [-0.1, -0.05) is 0 Å². The average molecular weight is 514 g/mol. The molecule has 2 aromatic carbocycles. The van der Waals surface area contributed by atoms with Crippen LogP contribution in [0.5, 0.6) is 11.5 Å². The number of hydrogen-bond acceptors (Lipinski definition) is 8. The Morgan fingerprint density at radius 1 is 1.03 bits per heavy atom. The summed E-state index contributed by atoms with van der Waals surface area (Å²) < 4.78 is 68.5. The fourth-order valence-electron chi connectivity index (χ4n) is 3.35. The largest absolute Gasteiger partial charge is 0.497 e. The highest BCUT2D eigenvalue weighted by atomic mass is 32.2. The van der Waals surface area contributed by atoms with Crippen LogP contribution in [0.4, 0.5) is 11.4 Å². The number of ether oxygens (including phenoxy) is 3. The highest BCUT2D eigenvalue weighted by Crippen LogP contribution is 2.29. The molecule has 1 fully saturated rings. The van der Waals surface area contributed by atoms with E-state index in [0.717, 1.165) is 10.6 Å². The summed E-state index contributed by atoms with van der Waals surface area (Å²) in [4.78, 5) is 12.8. The number of morpholine rings is 1. The topological polar surface area (TPSA) is 132 Å². The van der Waals surface area contributed by atoms with Crippen molar-refractivity contribution in [3.8, 4) is 11.5 Å². The Kier molecular flexibility index (Phi) is 8.02. The second kappa shape index (κ2) is 10.6. The van der Waals surface area contributed by atoms with Crippen molar-refractivity contribution in [3.05, 3.63) is 42.5 Å². The number of benzene rings is 2. The predicted molar refractivity (Wildman–Crippen MR) is 126 cm³/mol. The first-order valence-corrected chi connectivity index (χ1v) is 13.5. The van der Waals surface area contributed by atoms with Crippen molar-refractivity contribution in [3.63, 3.8) is 0 Å². The lowest BCUT2D eigenvalue weighted by Crippen LogP contribution is -2.40. The number of methoxy groups -OCH3 is 2. The molecule has 1 amide bonds. The fourth-order valence-corrected chi connectivity index (χ4v) is 5.64. The van der Waals surface area contributed by atoms with Gasteiger partial charge in [0.15, 0.2) is 0 Å². The molecule has 0 atom stereocenters. The lowest BCUT2D eigenvalue weighted by molar-refractivity contribution is -0.114. The van der Waals surface area contributed by atoms with E-state index in [0.29, 0.717) is 19.0 Å². The zero-order chi connectivity index (χ0) is 24.9. The minimum atomic E-state index is -3.81. The summed E-state index contributed by atoms with van der Waals surface area (Å²) >= 11 is 0. The van der Waals surface area contributed by atoms with Gasteiger partial charge < -0.3 is 19.5 Å². The van der Waals surface area contributed by atoms with Crippen LogP contribution < -0.4 is 19.1 Å². The molecule has 13 heteroatoms. The predicted octanol–water partition coefficient (Wildman–Crippen LogP) is 1.13. The molecule has 1 heterocycles. The Morgan fingerprint density at radius 2 is 1.68 bits per heavy atom. The molecule has 34 heavy (non-hydrogen) atoms. The third-order valence-electron chi connectivity index (χ3n) is 5.10. The summed E-state index contributed by atoms with van der Waals surface area (Å²) in [6, 6.07) is 10.3. The molecule has 0 bridgehead atoms. The van der Waals surface area contributed by atoms with Crippen molar-refractivity contribution < 1.29 is 35.8 Å². The van der Waals surface area contributed by atoms with Crippen molar-refractivity contribution in [2.45, 2.75) is 4.90 Å². The fraction of sp³-hybridized carbons (Fsp3) is 0.381. The number of nitrogens with zero attached hydrogens (tertiary/aromatic N) is 2. The number of anilines is 2. The van der Waals surface area contributed by atoms with Crippen LogP contribution in [0.3, 0.4) is 0 Å². The smallest absolute Gasteiger partial charge is 0.245 e. The molecule has 0 aliphatic carbocycles. The van der Waals surface area contributed by atoms with Crippen LogP contribution in [-0.4, -0.2) is 80.4 Å². The van der Waals surface area contributed by atoms with E-state index in [-0.39, 0.29) is 35.1 Å². The number of sulfonamides is 2. The number of hydrogen-bond donors (Lipinski definition) is 1. The van der Waals surface area contributed by atoms with Gasteiger partial charge in [0.1, 0.15) is 18.0 Å². The van der Waals surface area contributed by atoms with E-state index < -0.39 is 32.5 Å². The molecule has 1 saturated heterocycles. The SMILES string of the molecule is COc1ccc(N(CC(=O)Nc2cc(S(=O)(=O)N3CCOCC3)ccc2OC)S(C)(=O)=O)cc1. The van der Waals surface area contributed by atoms with E-state index in [9.17, 15) is 21.6 Å². The van der Waals surface area contributed by atoms with Gasteiger partial charge in [-0.05, 0) is 42.5 Å². The number of carbonyl (C=O) groups is 1. The monoisotopic (exact) mass is 513 g/mol. The second-order valence-corrected chi connectivity index (χ2v) is 11.2. The molecule has 1 aliphatic rings. The summed E-state index contributed by atoms with van der Waals surface area (Å²) in [5.74, 6) is 0.0785. The van der Waals surface area contributed by atoms with Crippen molar-refractivity contribution in [2.24, 2.45) is 0 Å². The Labute approximate surface area is 199 Å². The molecule has 3 rings (SSSR count). The number of carbonyl (C=O) groups excluding carboxylic acids is 1. The first-order chi connectivity index (χ1) is 16.1. The first-order valence-electron chi connectivity index (χ1n) is 10.2. The van der Waals surface area contributed by atoms with Gasteiger partial charge in [-0.3, -0.25) is 9.10 Å². The van der Waals surface area contributed by atoms with Gasteiger partial charge >= 0.3 is 0 Å². The molecule has 0 aromatic heterocycles. The number of nitrogens with one attached hydrogen (secondary N) is 1. The van der Waals surface area contributed by atoms with Crippen LogP contribution in [0.25, 0.3) is 0 Å². The van der Waals surface area contributed by atoms with Gasteiger partial charge in [-0.2, -0.15) is 4.31 Å². The summed E-state index contributed by atoms with van der Waals surface area (Å²) in [6.07, 6.45) is 0.987. The normalized spacial score (nSPS) is 14.9. The quantitative estimate of drug-likeness (QED) is 0.528. The van der Waals surface area contributed by atoms with Gasteiger partial charge in [0, 0.05) is 13.1 Å². The zero-order valence-electron chi connectivity index (χ0n) is 19.1. The van der Waals surface area contributed by atoms with Crippen LogP contribution in [0.1, 0.15) is 0 Å². The molecule has 1 aliphatic heterocycles. The Balaban J connectivity index is 1.85. The van der Waals surface area contributed by atoms with E-state index in [1.165, 1.54) is 48.9 Å². The third-order valence-corrected chi connectivity index (χ3v) is 8.14. The maximum Gasteiger partial charge on any atom is 0.245 e. The molecule has 1 N–H and O–H groups in total. The molecule has 0 saturated carbocycles. The van der Waals surface area contributed by atoms with Gasteiger partial charge in [-0.15, -0.1) is 0 Å². The molecular weight excluding hydrogens is 486 g/mol. The maximum absolute atomic E-state index is 13.0. The molecule has 2 aromatic rings. The molecule has 0 unspecified atom stereocenters. The summed E-state index contributed by atoms with van der Waals surface area (Å²) in [5, 5.41) is 2.57. The van der Waals surface area contributed by atoms with Crippen LogP contribution in [-0.2, 0) is 29.6 Å². The number of rotatable bonds is 9. The van der Waals surface area contributed by atoms with E-state index in [4.69, 9.17) is 14.2 Å². The van der Waals surface area contributed by atoms with Crippen molar-refractivity contribution in [1.29, 1.82) is 0 Å². The standard InChI is InChI=1S/C21H27N3O8S2/c1-30-17-6-4-16(5-7-17)24(33(3,26)27)15-21(25)22-19-14-18(8-9-20(19)31-2)34(28,29)23-10-12-32-13-11-23/h4-9,14H,10-13,15H2,1-3H3,(H,22,25). The van der Waals surface area contributed by atoms with Crippen molar-refractivity contribution >= 4 is 37.3 Å². The Bertz CT molecular complexity index is 1230. The lowest BCUT2D eigenvalue weighted by Gasteiger charge is -2.26. The third kappa shape index (κ3) is 5.97. The van der Waals surface area contributed by atoms with Crippen molar-refractivity contribution in [2.75, 3.05) is 62.9 Å². The van der Waals surface area contributed by atoms with Crippen LogP contribution in [0.15, 0.2) is 47.4 Å². The van der Waals surface area contributed by atoms with Crippen LogP contribution in [0, 0.1) is 0 Å². The van der Waals surface area contributed by atoms with Gasteiger partial charge in [0.05, 0.1) is 50.0 Å². The second-order valence-electron chi connectivity index (χ2n) is 7.39. The minimum Gasteiger partial charge on any atom is -0.497 e. The summed E-state index contributed by atoms with van der Waals surface area (Å²) in [7, 11) is -4.75. The van der Waals surface area contributed by atoms with Gasteiger partial charge in [-0.25, -0.2) is 16.8 Å². The molecular formula is C21H27N3O8S2. The van der Waals surface area contributed by atoms with Gasteiger partial charge in [0.2, 0.25) is 26.0 Å². The van der Waals surface area contributed by atoms with Gasteiger partial charge in [0.25, 0.3) is 0 Å². The lowest BCUT2D eigenvalue weighted by atomic mass is 10.3. The summed E-state index contributed by atoms with van der Waals surface area (Å²) in [6.45, 7) is 0.508. The highest BCUT2D eigenvalue weighted by Gasteiger charge is 2.28. The molecule has 186 valence electrons. The highest BCUT2D eigenvalue weighted by molar-refractivity contribution is 7.92. The first kappa shape index (κ1) is 25.7. The zero-order valence-corrected chi connectivity index (χ0v) is 20.7. The minimum absolute atomic E-state index is 0.0272. The van der Waals surface area contributed by atoms with Crippen LogP contribution >= 0.6 is 0 Å². The Hall–Kier alpha value is -2.87. The van der Waals surface area contributed by atoms with Crippen molar-refractivity contribution in [1.82, 2.24) is 4.31 Å². The maximum atomic E-state index is 13.0. The Morgan fingerprint density at radius 3 is 2.24 bits per heavy atom. The summed E-state index contributed by atoms with van der Waals surface area (Å²) in [5.41, 5.74) is 0.374.